The molecule has 0 saturated heterocycles. The first-order valence-corrected chi connectivity index (χ1v) is 17.4. The van der Waals surface area contributed by atoms with E-state index in [9.17, 15) is 4.79 Å². The molecule has 0 N–H and O–H groups in total. The molecule has 0 saturated carbocycles. The summed E-state index contributed by atoms with van der Waals surface area (Å²) in [6.07, 6.45) is 6.75. The van der Waals surface area contributed by atoms with Crippen LogP contribution in [0.4, 0.5) is 5.82 Å². The van der Waals surface area contributed by atoms with Crippen LogP contribution in [0.25, 0.3) is 11.0 Å². The Balaban J connectivity index is 1.52. The van der Waals surface area contributed by atoms with E-state index < -0.39 is 13.9 Å². The highest BCUT2D eigenvalue weighted by Crippen LogP contribution is 2.38. The molecule has 0 fully saturated rings. The van der Waals surface area contributed by atoms with Gasteiger partial charge < -0.3 is 8.99 Å². The summed E-state index contributed by atoms with van der Waals surface area (Å²) in [5, 5.41) is 0.789. The van der Waals surface area contributed by atoms with E-state index in [0.717, 1.165) is 16.8 Å². The molecule has 43 heavy (non-hydrogen) atoms. The van der Waals surface area contributed by atoms with E-state index in [4.69, 9.17) is 9.42 Å². The Hall–Kier alpha value is -4.27. The summed E-state index contributed by atoms with van der Waals surface area (Å²) in [5.41, 5.74) is 3.99. The molecule has 0 aliphatic rings. The van der Waals surface area contributed by atoms with Crippen molar-refractivity contribution in [3.05, 3.63) is 120 Å². The van der Waals surface area contributed by atoms with Crippen LogP contribution in [0.3, 0.4) is 0 Å². The lowest BCUT2D eigenvalue weighted by atomic mass is 10.0. The SMILES string of the molecule is CC(C)(CO[Si](C)(C)C(C)(C)C)n1cc(C(=O)c2ccnc(N=C(c3ccccc3)c3ccccc3)c2)c2cncnc21. The quantitative estimate of drug-likeness (QED) is 0.0989. The molecule has 0 aliphatic carbocycles. The smallest absolute Gasteiger partial charge is 0.195 e. The maximum atomic E-state index is 14.1. The van der Waals surface area contributed by atoms with E-state index >= 15 is 0 Å². The molecule has 0 amide bonds. The van der Waals surface area contributed by atoms with Crippen LogP contribution >= 0.6 is 0 Å². The van der Waals surface area contributed by atoms with E-state index in [1.165, 1.54) is 6.33 Å². The molecule has 220 valence electrons. The predicted molar refractivity (Wildman–Crippen MR) is 176 cm³/mol. The van der Waals surface area contributed by atoms with Crippen LogP contribution in [-0.2, 0) is 9.96 Å². The maximum absolute atomic E-state index is 14.1. The Morgan fingerprint density at radius 3 is 2.12 bits per heavy atom. The number of carbonyl (C=O) groups excluding carboxylic acids is 1. The third-order valence-electron chi connectivity index (χ3n) is 8.29. The Kier molecular flexibility index (Phi) is 8.27. The van der Waals surface area contributed by atoms with Crippen molar-refractivity contribution in [1.29, 1.82) is 0 Å². The number of hydrogen-bond acceptors (Lipinski definition) is 6. The zero-order chi connectivity index (χ0) is 30.8. The van der Waals surface area contributed by atoms with E-state index in [0.29, 0.717) is 34.6 Å². The van der Waals surface area contributed by atoms with Crippen LogP contribution < -0.4 is 0 Å². The second-order valence-electron chi connectivity index (χ2n) is 13.0. The molecule has 2 aromatic carbocycles. The Morgan fingerprint density at radius 2 is 1.51 bits per heavy atom. The van der Waals surface area contributed by atoms with Gasteiger partial charge in [-0.3, -0.25) is 4.79 Å². The number of benzene rings is 2. The Bertz CT molecular complexity index is 1730. The predicted octanol–water partition coefficient (Wildman–Crippen LogP) is 7.98. The fourth-order valence-electron chi connectivity index (χ4n) is 4.63. The lowest BCUT2D eigenvalue weighted by Crippen LogP contribution is -2.45. The van der Waals surface area contributed by atoms with Crippen molar-refractivity contribution >= 4 is 36.7 Å². The fourth-order valence-corrected chi connectivity index (χ4v) is 5.78. The van der Waals surface area contributed by atoms with Crippen LogP contribution in [0.15, 0.2) is 103 Å². The van der Waals surface area contributed by atoms with Gasteiger partial charge in [-0.25, -0.2) is 19.9 Å². The first-order valence-electron chi connectivity index (χ1n) is 14.5. The molecule has 0 radical (unpaired) electrons. The minimum atomic E-state index is -1.98. The third-order valence-corrected chi connectivity index (χ3v) is 12.8. The molecule has 0 aliphatic heterocycles. The Morgan fingerprint density at radius 1 is 0.884 bits per heavy atom. The van der Waals surface area contributed by atoms with E-state index in [1.54, 1.807) is 24.5 Å². The van der Waals surface area contributed by atoms with Crippen LogP contribution in [-0.4, -0.2) is 45.9 Å². The molecule has 5 rings (SSSR count). The zero-order valence-electron chi connectivity index (χ0n) is 26.0. The standard InChI is InChI=1S/C35H39N5O2Si/c1-34(2,3)43(6,7)42-23-35(4,5)40-22-29(28-21-36-24-38-33(28)40)32(41)27-18-19-37-30(20-27)39-31(25-14-10-8-11-15-25)26-16-12-9-13-17-26/h8-22,24H,23H2,1-7H3. The monoisotopic (exact) mass is 589 g/mol. The van der Waals surface area contributed by atoms with Gasteiger partial charge >= 0.3 is 0 Å². The summed E-state index contributed by atoms with van der Waals surface area (Å²) in [6.45, 7) is 15.9. The van der Waals surface area contributed by atoms with Gasteiger partial charge in [0.2, 0.25) is 0 Å². The highest BCUT2D eigenvalue weighted by Gasteiger charge is 2.39. The average Bonchev–Trinajstić information content (AvgIpc) is 3.40. The second kappa shape index (κ2) is 11.8. The molecular formula is C35H39N5O2Si. The van der Waals surface area contributed by atoms with Gasteiger partial charge in [-0.15, -0.1) is 0 Å². The van der Waals surface area contributed by atoms with Gasteiger partial charge in [-0.1, -0.05) is 81.4 Å². The van der Waals surface area contributed by atoms with Gasteiger partial charge in [0.15, 0.2) is 19.9 Å². The number of hydrogen-bond donors (Lipinski definition) is 0. The number of fused-ring (bicyclic) bond motifs is 1. The molecule has 3 aromatic heterocycles. The summed E-state index contributed by atoms with van der Waals surface area (Å²) < 4.78 is 8.66. The lowest BCUT2D eigenvalue weighted by molar-refractivity contribution is 0.103. The van der Waals surface area contributed by atoms with Crippen LogP contribution in [0.5, 0.6) is 0 Å². The number of pyridine rings is 1. The average molecular weight is 590 g/mol. The molecule has 0 atom stereocenters. The number of aliphatic imine (C=N–C) groups is 1. The number of ketones is 1. The highest BCUT2D eigenvalue weighted by atomic mass is 28.4. The largest absolute Gasteiger partial charge is 0.414 e. The maximum Gasteiger partial charge on any atom is 0.195 e. The van der Waals surface area contributed by atoms with Crippen LogP contribution in [0, 0.1) is 0 Å². The van der Waals surface area contributed by atoms with Crippen molar-refractivity contribution in [3.63, 3.8) is 0 Å². The lowest BCUT2D eigenvalue weighted by Gasteiger charge is -2.39. The minimum absolute atomic E-state index is 0.0908. The van der Waals surface area contributed by atoms with Crippen molar-refractivity contribution in [2.24, 2.45) is 4.99 Å². The number of carbonyl (C=O) groups is 1. The van der Waals surface area contributed by atoms with Gasteiger partial charge in [0.05, 0.1) is 23.4 Å². The van der Waals surface area contributed by atoms with Gasteiger partial charge in [-0.2, -0.15) is 0 Å². The summed E-state index contributed by atoms with van der Waals surface area (Å²) in [6, 6.07) is 23.4. The molecule has 0 unspecified atom stereocenters. The topological polar surface area (TPSA) is 82.3 Å². The summed E-state index contributed by atoms with van der Waals surface area (Å²) in [7, 11) is -1.98. The van der Waals surface area contributed by atoms with Crippen molar-refractivity contribution in [2.75, 3.05) is 6.61 Å². The van der Waals surface area contributed by atoms with E-state index in [1.807, 2.05) is 71.4 Å². The highest BCUT2D eigenvalue weighted by molar-refractivity contribution is 6.74. The molecule has 0 bridgehead atoms. The molecule has 3 heterocycles. The van der Waals surface area contributed by atoms with Gasteiger partial charge in [0.1, 0.15) is 12.0 Å². The summed E-state index contributed by atoms with van der Waals surface area (Å²) in [4.78, 5) is 32.3. The van der Waals surface area contributed by atoms with Crippen molar-refractivity contribution in [2.45, 2.75) is 58.3 Å². The second-order valence-corrected chi connectivity index (χ2v) is 17.8. The molecule has 7 nitrogen and oxygen atoms in total. The van der Waals surface area contributed by atoms with Crippen molar-refractivity contribution < 1.29 is 9.22 Å². The zero-order valence-corrected chi connectivity index (χ0v) is 27.0. The third kappa shape index (κ3) is 6.40. The number of rotatable bonds is 9. The van der Waals surface area contributed by atoms with Gasteiger partial charge in [-0.05, 0) is 44.1 Å². The molecule has 0 spiro atoms. The number of aromatic nitrogens is 4. The van der Waals surface area contributed by atoms with Gasteiger partial charge in [0, 0.05) is 40.7 Å². The normalized spacial score (nSPS) is 12.3. The fraction of sp³-hybridized carbons (Fsp3) is 0.286. The van der Waals surface area contributed by atoms with Crippen molar-refractivity contribution in [3.8, 4) is 0 Å². The minimum Gasteiger partial charge on any atom is -0.414 e. The summed E-state index contributed by atoms with van der Waals surface area (Å²) >= 11 is 0. The summed E-state index contributed by atoms with van der Waals surface area (Å²) in [5.74, 6) is 0.316. The molecule has 5 aromatic rings. The van der Waals surface area contributed by atoms with Crippen LogP contribution in [0.2, 0.25) is 18.1 Å². The molecular weight excluding hydrogens is 551 g/mol. The van der Waals surface area contributed by atoms with Gasteiger partial charge in [0.25, 0.3) is 0 Å². The number of nitrogens with zero attached hydrogens (tertiary/aromatic N) is 5. The first-order chi connectivity index (χ1) is 20.4. The van der Waals surface area contributed by atoms with E-state index in [2.05, 4.69) is 62.7 Å². The van der Waals surface area contributed by atoms with Crippen LogP contribution in [0.1, 0.15) is 61.7 Å². The molecule has 8 heteroatoms. The van der Waals surface area contributed by atoms with Crippen molar-refractivity contribution in [1.82, 2.24) is 19.5 Å². The Labute approximate surface area is 254 Å². The first kappa shape index (κ1) is 30.2. The van der Waals surface area contributed by atoms with E-state index in [-0.39, 0.29) is 10.8 Å².